The monoisotopic (exact) mass is 269 g/mol. The van der Waals surface area contributed by atoms with Crippen molar-refractivity contribution < 1.29 is 9.53 Å². The Morgan fingerprint density at radius 3 is 2.78 bits per heavy atom. The largest absolute Gasteiger partial charge is 0.496 e. The molecule has 0 aliphatic rings. The first-order valence-electron chi connectivity index (χ1n) is 6.07. The van der Waals surface area contributed by atoms with Gasteiger partial charge in [0, 0.05) is 23.6 Å². The van der Waals surface area contributed by atoms with E-state index >= 15 is 0 Å². The van der Waals surface area contributed by atoms with E-state index in [4.69, 9.17) is 16.3 Å². The number of carbonyl (C=O) groups excluding carboxylic acids is 1. The molecule has 0 spiro atoms. The van der Waals surface area contributed by atoms with E-state index in [2.05, 4.69) is 5.32 Å². The lowest BCUT2D eigenvalue weighted by atomic mass is 10.1. The normalized spacial score (nSPS) is 10.4. The lowest BCUT2D eigenvalue weighted by molar-refractivity contribution is -0.117. The highest BCUT2D eigenvalue weighted by molar-refractivity contribution is 6.31. The van der Waals surface area contributed by atoms with Gasteiger partial charge in [0.2, 0.25) is 0 Å². The molecule has 4 heteroatoms. The van der Waals surface area contributed by atoms with Crippen LogP contribution in [0.25, 0.3) is 0 Å². The van der Waals surface area contributed by atoms with Crippen LogP contribution in [0, 0.1) is 6.92 Å². The molecule has 0 radical (unpaired) electrons. The summed E-state index contributed by atoms with van der Waals surface area (Å²) in [7, 11) is 1.65. The molecule has 100 valence electrons. The van der Waals surface area contributed by atoms with Crippen molar-refractivity contribution in [2.24, 2.45) is 0 Å². The number of halogens is 1. The second-order valence-electron chi connectivity index (χ2n) is 4.40. The van der Waals surface area contributed by atoms with E-state index in [1.54, 1.807) is 14.0 Å². The first kappa shape index (κ1) is 15.0. The van der Waals surface area contributed by atoms with E-state index in [0.29, 0.717) is 13.0 Å². The molecule has 0 atom stereocenters. The Morgan fingerprint density at radius 2 is 2.17 bits per heavy atom. The van der Waals surface area contributed by atoms with Crippen LogP contribution < -0.4 is 10.1 Å². The molecule has 0 saturated heterocycles. The van der Waals surface area contributed by atoms with Crippen LogP contribution in [0.4, 0.5) is 0 Å². The van der Waals surface area contributed by atoms with E-state index in [9.17, 15) is 4.79 Å². The number of aryl methyl sites for hydroxylation is 1. The van der Waals surface area contributed by atoms with Gasteiger partial charge < -0.3 is 14.8 Å². The van der Waals surface area contributed by atoms with Gasteiger partial charge in [-0.1, -0.05) is 11.6 Å². The number of ether oxygens (including phenoxy) is 1. The van der Waals surface area contributed by atoms with Gasteiger partial charge in [0.05, 0.1) is 7.11 Å². The molecule has 1 aromatic carbocycles. The summed E-state index contributed by atoms with van der Waals surface area (Å²) >= 11 is 6.10. The van der Waals surface area contributed by atoms with Crippen molar-refractivity contribution in [2.75, 3.05) is 13.7 Å². The van der Waals surface area contributed by atoms with Crippen LogP contribution in [0.3, 0.4) is 0 Å². The number of rotatable bonds is 7. The predicted octanol–water partition coefficient (Wildman–Crippen LogP) is 3.12. The minimum Gasteiger partial charge on any atom is -0.496 e. The van der Waals surface area contributed by atoms with Crippen LogP contribution in [-0.2, 0) is 11.3 Å². The van der Waals surface area contributed by atoms with Crippen LogP contribution in [0.2, 0.25) is 5.02 Å². The van der Waals surface area contributed by atoms with Gasteiger partial charge >= 0.3 is 0 Å². The summed E-state index contributed by atoms with van der Waals surface area (Å²) < 4.78 is 5.32. The van der Waals surface area contributed by atoms with Gasteiger partial charge in [-0.15, -0.1) is 0 Å². The summed E-state index contributed by atoms with van der Waals surface area (Å²) in [5.41, 5.74) is 2.05. The Morgan fingerprint density at radius 1 is 1.44 bits per heavy atom. The molecule has 0 aliphatic carbocycles. The summed E-state index contributed by atoms with van der Waals surface area (Å²) in [6.45, 7) is 5.08. The zero-order valence-corrected chi connectivity index (χ0v) is 11.9. The van der Waals surface area contributed by atoms with Gasteiger partial charge in [-0.05, 0) is 44.5 Å². The maximum absolute atomic E-state index is 10.8. The zero-order valence-electron chi connectivity index (χ0n) is 11.2. The number of nitrogens with one attached hydrogen (secondary N) is 1. The van der Waals surface area contributed by atoms with E-state index in [-0.39, 0.29) is 5.78 Å². The van der Waals surface area contributed by atoms with Crippen molar-refractivity contribution in [2.45, 2.75) is 33.2 Å². The van der Waals surface area contributed by atoms with Gasteiger partial charge in [-0.25, -0.2) is 0 Å². The number of ketones is 1. The molecule has 0 saturated carbocycles. The number of benzene rings is 1. The van der Waals surface area contributed by atoms with Crippen molar-refractivity contribution >= 4 is 17.4 Å². The lowest BCUT2D eigenvalue weighted by Crippen LogP contribution is -2.16. The topological polar surface area (TPSA) is 38.3 Å². The first-order valence-corrected chi connectivity index (χ1v) is 6.45. The van der Waals surface area contributed by atoms with Gasteiger partial charge in [0.15, 0.2) is 0 Å². The van der Waals surface area contributed by atoms with E-state index in [0.717, 1.165) is 34.9 Å². The summed E-state index contributed by atoms with van der Waals surface area (Å²) in [6, 6.07) is 3.86. The molecule has 0 aliphatic heterocycles. The molecule has 0 fully saturated rings. The smallest absolute Gasteiger partial charge is 0.129 e. The number of methoxy groups -OCH3 is 1. The molecule has 0 bridgehead atoms. The number of carbonyl (C=O) groups is 1. The van der Waals surface area contributed by atoms with Gasteiger partial charge in [-0.3, -0.25) is 0 Å². The molecule has 0 amide bonds. The predicted molar refractivity (Wildman–Crippen MR) is 74.4 cm³/mol. The molecule has 1 rings (SSSR count). The van der Waals surface area contributed by atoms with Crippen LogP contribution in [0.1, 0.15) is 30.9 Å². The minimum absolute atomic E-state index is 0.229. The van der Waals surface area contributed by atoms with E-state index in [1.165, 1.54) is 0 Å². The van der Waals surface area contributed by atoms with E-state index < -0.39 is 0 Å². The van der Waals surface area contributed by atoms with Crippen molar-refractivity contribution in [3.63, 3.8) is 0 Å². The third-order valence-electron chi connectivity index (χ3n) is 2.76. The second-order valence-corrected chi connectivity index (χ2v) is 4.80. The molecule has 18 heavy (non-hydrogen) atoms. The quantitative estimate of drug-likeness (QED) is 0.773. The standard InChI is InChI=1S/C14H20ClNO2/c1-10-7-14(18-3)12(8-13(10)15)9-16-6-4-5-11(2)17/h7-8,16H,4-6,9H2,1-3H3. The minimum atomic E-state index is 0.229. The fraction of sp³-hybridized carbons (Fsp3) is 0.500. The average molecular weight is 270 g/mol. The number of hydrogen-bond donors (Lipinski definition) is 1. The molecular formula is C14H20ClNO2. The Labute approximate surface area is 113 Å². The van der Waals surface area contributed by atoms with Gasteiger partial charge in [0.25, 0.3) is 0 Å². The second kappa shape index (κ2) is 7.39. The van der Waals surface area contributed by atoms with Crippen molar-refractivity contribution in [3.05, 3.63) is 28.3 Å². The van der Waals surface area contributed by atoms with Crippen molar-refractivity contribution in [1.29, 1.82) is 0 Å². The summed E-state index contributed by atoms with van der Waals surface area (Å²) in [5, 5.41) is 4.03. The number of hydrogen-bond acceptors (Lipinski definition) is 3. The van der Waals surface area contributed by atoms with Crippen molar-refractivity contribution in [1.82, 2.24) is 5.32 Å². The van der Waals surface area contributed by atoms with Crippen LogP contribution in [0.5, 0.6) is 5.75 Å². The maximum Gasteiger partial charge on any atom is 0.129 e. The fourth-order valence-corrected chi connectivity index (χ4v) is 1.90. The van der Waals surface area contributed by atoms with Gasteiger partial charge in [-0.2, -0.15) is 0 Å². The Balaban J connectivity index is 2.51. The molecule has 0 aromatic heterocycles. The highest BCUT2D eigenvalue weighted by atomic mass is 35.5. The summed E-state index contributed by atoms with van der Waals surface area (Å²) in [5.74, 6) is 1.07. The van der Waals surface area contributed by atoms with Crippen LogP contribution in [0.15, 0.2) is 12.1 Å². The lowest BCUT2D eigenvalue weighted by Gasteiger charge is -2.11. The summed E-state index contributed by atoms with van der Waals surface area (Å²) in [6.07, 6.45) is 1.48. The molecule has 3 nitrogen and oxygen atoms in total. The van der Waals surface area contributed by atoms with Gasteiger partial charge in [0.1, 0.15) is 11.5 Å². The molecular weight excluding hydrogens is 250 g/mol. The first-order chi connectivity index (χ1) is 8.54. The van der Waals surface area contributed by atoms with Crippen LogP contribution >= 0.6 is 11.6 Å². The third-order valence-corrected chi connectivity index (χ3v) is 3.17. The Kier molecular flexibility index (Phi) is 6.16. The Bertz CT molecular complexity index is 419. The fourth-order valence-electron chi connectivity index (χ4n) is 1.71. The van der Waals surface area contributed by atoms with Crippen LogP contribution in [-0.4, -0.2) is 19.4 Å². The average Bonchev–Trinajstić information content (AvgIpc) is 2.32. The molecule has 0 unspecified atom stereocenters. The maximum atomic E-state index is 10.8. The summed E-state index contributed by atoms with van der Waals surface area (Å²) in [4.78, 5) is 10.8. The van der Waals surface area contributed by atoms with Crippen molar-refractivity contribution in [3.8, 4) is 5.75 Å². The number of Topliss-reactive ketones (excluding diaryl/α,β-unsaturated/α-hetero) is 1. The van der Waals surface area contributed by atoms with E-state index in [1.807, 2.05) is 19.1 Å². The highest BCUT2D eigenvalue weighted by Crippen LogP contribution is 2.26. The zero-order chi connectivity index (χ0) is 13.5. The molecule has 1 N–H and O–H groups in total. The molecule has 0 heterocycles. The SMILES string of the molecule is COc1cc(C)c(Cl)cc1CNCCCC(C)=O. The molecule has 1 aromatic rings. The highest BCUT2D eigenvalue weighted by Gasteiger charge is 2.06. The third kappa shape index (κ3) is 4.67. The Hall–Kier alpha value is -1.06.